The Morgan fingerprint density at radius 1 is 1.50 bits per heavy atom. The van der Waals surface area contributed by atoms with Crippen LogP contribution in [0.5, 0.6) is 5.75 Å². The average Bonchev–Trinajstić information content (AvgIpc) is 2.89. The van der Waals surface area contributed by atoms with E-state index in [-0.39, 0.29) is 11.7 Å². The highest BCUT2D eigenvalue weighted by Gasteiger charge is 2.50. The van der Waals surface area contributed by atoms with Crippen molar-refractivity contribution in [1.29, 1.82) is 0 Å². The third-order valence-corrected chi connectivity index (χ3v) is 3.03. The first kappa shape index (κ1) is 11.5. The van der Waals surface area contributed by atoms with Gasteiger partial charge in [0, 0.05) is 11.1 Å². The van der Waals surface area contributed by atoms with Crippen LogP contribution in [0.1, 0.15) is 19.4 Å². The minimum Gasteiger partial charge on any atom is -0.497 e. The molecule has 16 heavy (non-hydrogen) atoms. The molecular weight excluding hydrogens is 224 g/mol. The summed E-state index contributed by atoms with van der Waals surface area (Å²) in [6, 6.07) is 7.83. The molecule has 1 aliphatic heterocycles. The van der Waals surface area contributed by atoms with Crippen LogP contribution >= 0.6 is 11.6 Å². The van der Waals surface area contributed by atoms with E-state index in [9.17, 15) is 0 Å². The largest absolute Gasteiger partial charge is 0.497 e. The molecule has 1 heterocycles. The van der Waals surface area contributed by atoms with Gasteiger partial charge in [-0.25, -0.2) is 0 Å². The molecule has 1 saturated heterocycles. The van der Waals surface area contributed by atoms with Crippen LogP contribution in [0.2, 0.25) is 0 Å². The molecule has 0 N–H and O–H groups in total. The number of halogens is 1. The highest BCUT2D eigenvalue weighted by atomic mass is 35.5. The van der Waals surface area contributed by atoms with Gasteiger partial charge in [0.1, 0.15) is 11.9 Å². The Hall–Kier alpha value is -0.990. The second kappa shape index (κ2) is 4.11. The quantitative estimate of drug-likeness (QED) is 0.753. The van der Waals surface area contributed by atoms with Crippen LogP contribution in [-0.4, -0.2) is 18.8 Å². The smallest absolute Gasteiger partial charge is 0.119 e. The van der Waals surface area contributed by atoms with Crippen molar-refractivity contribution in [3.63, 3.8) is 0 Å². The number of rotatable bonds is 3. The Morgan fingerprint density at radius 2 is 2.19 bits per heavy atom. The molecule has 1 unspecified atom stereocenters. The molecule has 1 aromatic rings. The highest BCUT2D eigenvalue weighted by Crippen LogP contribution is 2.44. The van der Waals surface area contributed by atoms with Gasteiger partial charge in [-0.2, -0.15) is 0 Å². The fourth-order valence-electron chi connectivity index (χ4n) is 1.78. The second-order valence-corrected chi connectivity index (χ2v) is 4.62. The lowest BCUT2D eigenvalue weighted by Crippen LogP contribution is -2.05. The SMILES string of the molecule is COc1cccc(C(=CCl)C2OC2(C)C)c1. The van der Waals surface area contributed by atoms with Crippen molar-refractivity contribution in [2.45, 2.75) is 25.6 Å². The third kappa shape index (κ3) is 2.08. The van der Waals surface area contributed by atoms with E-state index in [0.29, 0.717) is 0 Å². The molecule has 1 aromatic carbocycles. The number of benzene rings is 1. The van der Waals surface area contributed by atoms with Crippen molar-refractivity contribution in [2.75, 3.05) is 7.11 Å². The summed E-state index contributed by atoms with van der Waals surface area (Å²) < 4.78 is 10.8. The van der Waals surface area contributed by atoms with Crippen LogP contribution < -0.4 is 4.74 Å². The van der Waals surface area contributed by atoms with Gasteiger partial charge < -0.3 is 9.47 Å². The lowest BCUT2D eigenvalue weighted by molar-refractivity contribution is 0.335. The Morgan fingerprint density at radius 3 is 2.69 bits per heavy atom. The average molecular weight is 239 g/mol. The Bertz CT molecular complexity index is 424. The normalized spacial score (nSPS) is 23.0. The minimum absolute atomic E-state index is 0.0807. The molecule has 1 fully saturated rings. The molecule has 0 amide bonds. The van der Waals surface area contributed by atoms with Gasteiger partial charge in [0.15, 0.2) is 0 Å². The van der Waals surface area contributed by atoms with Gasteiger partial charge in [-0.15, -0.1) is 0 Å². The molecular formula is C13H15ClO2. The van der Waals surface area contributed by atoms with Crippen LogP contribution in [0.4, 0.5) is 0 Å². The third-order valence-electron chi connectivity index (χ3n) is 2.80. The molecule has 1 atom stereocenters. The minimum atomic E-state index is -0.107. The van der Waals surface area contributed by atoms with Crippen molar-refractivity contribution < 1.29 is 9.47 Å². The van der Waals surface area contributed by atoms with Gasteiger partial charge in [0.2, 0.25) is 0 Å². The van der Waals surface area contributed by atoms with Crippen molar-refractivity contribution in [1.82, 2.24) is 0 Å². The van der Waals surface area contributed by atoms with E-state index in [1.165, 1.54) is 0 Å². The van der Waals surface area contributed by atoms with Crippen LogP contribution in [0.25, 0.3) is 5.57 Å². The summed E-state index contributed by atoms with van der Waals surface area (Å²) in [5, 5.41) is 0. The molecule has 0 bridgehead atoms. The van der Waals surface area contributed by atoms with Crippen LogP contribution in [0.3, 0.4) is 0 Å². The number of ether oxygens (including phenoxy) is 2. The predicted octanol–water partition coefficient (Wildman–Crippen LogP) is 3.45. The maximum absolute atomic E-state index is 5.88. The Kier molecular flexibility index (Phi) is 2.96. The van der Waals surface area contributed by atoms with E-state index in [2.05, 4.69) is 13.8 Å². The number of hydrogen-bond acceptors (Lipinski definition) is 2. The van der Waals surface area contributed by atoms with Gasteiger partial charge in [0.05, 0.1) is 12.7 Å². The lowest BCUT2D eigenvalue weighted by atomic mass is 9.98. The monoisotopic (exact) mass is 238 g/mol. The van der Waals surface area contributed by atoms with E-state index < -0.39 is 0 Å². The number of methoxy groups -OCH3 is 1. The van der Waals surface area contributed by atoms with Crippen molar-refractivity contribution in [3.8, 4) is 5.75 Å². The van der Waals surface area contributed by atoms with Gasteiger partial charge in [0.25, 0.3) is 0 Å². The highest BCUT2D eigenvalue weighted by molar-refractivity contribution is 6.28. The second-order valence-electron chi connectivity index (χ2n) is 4.40. The van der Waals surface area contributed by atoms with E-state index in [1.54, 1.807) is 12.6 Å². The standard InChI is InChI=1S/C13H15ClO2/c1-13(2)12(16-13)11(8-14)9-5-4-6-10(7-9)15-3/h4-8,12H,1-3H3. The first-order valence-corrected chi connectivity index (χ1v) is 5.64. The van der Waals surface area contributed by atoms with Crippen LogP contribution in [0, 0.1) is 0 Å². The topological polar surface area (TPSA) is 21.8 Å². The molecule has 2 rings (SSSR count). The van der Waals surface area contributed by atoms with Crippen LogP contribution in [-0.2, 0) is 4.74 Å². The van der Waals surface area contributed by atoms with E-state index in [0.717, 1.165) is 16.9 Å². The van der Waals surface area contributed by atoms with Gasteiger partial charge in [-0.3, -0.25) is 0 Å². The Labute approximate surface area is 101 Å². The predicted molar refractivity (Wildman–Crippen MR) is 65.8 cm³/mol. The fourth-order valence-corrected chi connectivity index (χ4v) is 2.02. The van der Waals surface area contributed by atoms with E-state index in [4.69, 9.17) is 21.1 Å². The zero-order chi connectivity index (χ0) is 11.8. The summed E-state index contributed by atoms with van der Waals surface area (Å²) in [6.45, 7) is 4.11. The zero-order valence-electron chi connectivity index (χ0n) is 9.66. The summed E-state index contributed by atoms with van der Waals surface area (Å²) in [6.07, 6.45) is 0.0807. The summed E-state index contributed by atoms with van der Waals surface area (Å²) in [7, 11) is 1.65. The fraction of sp³-hybridized carbons (Fsp3) is 0.385. The lowest BCUT2D eigenvalue weighted by Gasteiger charge is -2.07. The molecule has 0 spiro atoms. The van der Waals surface area contributed by atoms with Gasteiger partial charge >= 0.3 is 0 Å². The molecule has 86 valence electrons. The van der Waals surface area contributed by atoms with E-state index in [1.807, 2.05) is 24.3 Å². The summed E-state index contributed by atoms with van der Waals surface area (Å²) in [5.74, 6) is 0.826. The van der Waals surface area contributed by atoms with Crippen molar-refractivity contribution >= 4 is 17.2 Å². The summed E-state index contributed by atoms with van der Waals surface area (Å²) in [4.78, 5) is 0. The number of hydrogen-bond donors (Lipinski definition) is 0. The molecule has 0 saturated carbocycles. The molecule has 2 nitrogen and oxygen atoms in total. The maximum Gasteiger partial charge on any atom is 0.119 e. The van der Waals surface area contributed by atoms with Crippen molar-refractivity contribution in [3.05, 3.63) is 35.4 Å². The molecule has 0 aliphatic carbocycles. The Balaban J connectivity index is 2.28. The van der Waals surface area contributed by atoms with Gasteiger partial charge in [-0.1, -0.05) is 23.7 Å². The van der Waals surface area contributed by atoms with Crippen molar-refractivity contribution in [2.24, 2.45) is 0 Å². The molecule has 0 radical (unpaired) electrons. The maximum atomic E-state index is 5.88. The summed E-state index contributed by atoms with van der Waals surface area (Å²) >= 11 is 5.88. The van der Waals surface area contributed by atoms with E-state index >= 15 is 0 Å². The van der Waals surface area contributed by atoms with Gasteiger partial charge in [-0.05, 0) is 31.5 Å². The molecule has 0 aromatic heterocycles. The number of epoxide rings is 1. The van der Waals surface area contributed by atoms with Crippen LogP contribution in [0.15, 0.2) is 29.8 Å². The zero-order valence-corrected chi connectivity index (χ0v) is 10.4. The summed E-state index contributed by atoms with van der Waals surface area (Å²) in [5.41, 5.74) is 3.54. The molecule has 1 aliphatic rings. The first-order valence-electron chi connectivity index (χ1n) is 5.21. The first-order chi connectivity index (χ1) is 7.58. The molecule has 3 heteroatoms.